The number of aromatic nitrogens is 4. The first kappa shape index (κ1) is 19.6. The molecule has 0 aromatic carbocycles. The summed E-state index contributed by atoms with van der Waals surface area (Å²) in [5, 5.41) is 24.4. The van der Waals surface area contributed by atoms with Crippen molar-refractivity contribution in [3.63, 3.8) is 0 Å². The van der Waals surface area contributed by atoms with Gasteiger partial charge in [0.15, 0.2) is 0 Å². The number of rotatable bonds is 5. The number of aliphatic hydroxyl groups is 1. The largest absolute Gasteiger partial charge is 0.391 e. The second kappa shape index (κ2) is 8.77. The van der Waals surface area contributed by atoms with E-state index in [0.29, 0.717) is 18.5 Å². The molecule has 1 aliphatic carbocycles. The first-order valence-corrected chi connectivity index (χ1v) is 10.4. The Labute approximate surface area is 169 Å². The van der Waals surface area contributed by atoms with Crippen molar-refractivity contribution in [2.24, 2.45) is 0 Å². The van der Waals surface area contributed by atoms with Crippen molar-refractivity contribution in [1.29, 1.82) is 0 Å². The SMILES string of the molecule is O=C(NCC1CCCCN1c1ccc(=O)n(C2CCCCC2O)n1)c1cn[nH]c1. The molecular weight excluding hydrogens is 372 g/mol. The van der Waals surface area contributed by atoms with Gasteiger partial charge in [-0.2, -0.15) is 10.2 Å². The second-order valence-corrected chi connectivity index (χ2v) is 7.93. The molecule has 3 N–H and O–H groups in total. The van der Waals surface area contributed by atoms with Gasteiger partial charge in [0.2, 0.25) is 0 Å². The van der Waals surface area contributed by atoms with Gasteiger partial charge in [-0.3, -0.25) is 14.7 Å². The summed E-state index contributed by atoms with van der Waals surface area (Å²) in [4.78, 5) is 26.9. The highest BCUT2D eigenvalue weighted by Gasteiger charge is 2.29. The number of amides is 1. The molecule has 156 valence electrons. The molecule has 2 aliphatic rings. The van der Waals surface area contributed by atoms with Crippen molar-refractivity contribution in [3.8, 4) is 0 Å². The first-order valence-electron chi connectivity index (χ1n) is 10.4. The van der Waals surface area contributed by atoms with Gasteiger partial charge in [-0.1, -0.05) is 12.8 Å². The van der Waals surface area contributed by atoms with Crippen LogP contribution in [-0.4, -0.2) is 56.2 Å². The number of aliphatic hydroxyl groups excluding tert-OH is 1. The zero-order chi connectivity index (χ0) is 20.2. The van der Waals surface area contributed by atoms with E-state index in [1.807, 2.05) is 0 Å². The van der Waals surface area contributed by atoms with Crippen LogP contribution in [0.25, 0.3) is 0 Å². The molecule has 29 heavy (non-hydrogen) atoms. The highest BCUT2D eigenvalue weighted by atomic mass is 16.3. The van der Waals surface area contributed by atoms with Gasteiger partial charge in [0.1, 0.15) is 5.82 Å². The van der Waals surface area contributed by atoms with Crippen LogP contribution in [-0.2, 0) is 0 Å². The molecule has 2 fully saturated rings. The fourth-order valence-electron chi connectivity index (χ4n) is 4.38. The second-order valence-electron chi connectivity index (χ2n) is 7.93. The van der Waals surface area contributed by atoms with Gasteiger partial charge in [-0.05, 0) is 38.2 Å². The molecule has 9 nitrogen and oxygen atoms in total. The number of aromatic amines is 1. The Morgan fingerprint density at radius 1 is 1.21 bits per heavy atom. The van der Waals surface area contributed by atoms with E-state index in [4.69, 9.17) is 0 Å². The number of carbonyl (C=O) groups excluding carboxylic acids is 1. The molecule has 3 atom stereocenters. The molecule has 2 aromatic rings. The van der Waals surface area contributed by atoms with Crippen LogP contribution in [0.5, 0.6) is 0 Å². The van der Waals surface area contributed by atoms with E-state index in [0.717, 1.165) is 50.9 Å². The van der Waals surface area contributed by atoms with Gasteiger partial charge >= 0.3 is 0 Å². The monoisotopic (exact) mass is 400 g/mol. The quantitative estimate of drug-likeness (QED) is 0.695. The zero-order valence-electron chi connectivity index (χ0n) is 16.5. The normalized spacial score (nSPS) is 25.0. The molecule has 2 aromatic heterocycles. The Kier molecular flexibility index (Phi) is 5.94. The lowest BCUT2D eigenvalue weighted by Crippen LogP contribution is -2.48. The van der Waals surface area contributed by atoms with Gasteiger partial charge in [-0.15, -0.1) is 0 Å². The number of carbonyl (C=O) groups is 1. The molecule has 4 rings (SSSR count). The van der Waals surface area contributed by atoms with Gasteiger partial charge in [0.05, 0.1) is 23.9 Å². The molecule has 1 amide bonds. The average molecular weight is 400 g/mol. The molecule has 3 heterocycles. The molecule has 1 saturated carbocycles. The summed E-state index contributed by atoms with van der Waals surface area (Å²) < 4.78 is 1.47. The number of H-pyrrole nitrogens is 1. The van der Waals surface area contributed by atoms with Crippen molar-refractivity contribution in [3.05, 3.63) is 40.4 Å². The highest BCUT2D eigenvalue weighted by Crippen LogP contribution is 2.28. The topological polar surface area (TPSA) is 116 Å². The van der Waals surface area contributed by atoms with E-state index < -0.39 is 6.10 Å². The van der Waals surface area contributed by atoms with Crippen LogP contribution < -0.4 is 15.8 Å². The van der Waals surface area contributed by atoms with Crippen LogP contribution in [0.2, 0.25) is 0 Å². The van der Waals surface area contributed by atoms with Gasteiger partial charge in [0.25, 0.3) is 11.5 Å². The third-order valence-corrected chi connectivity index (χ3v) is 6.00. The van der Waals surface area contributed by atoms with E-state index in [9.17, 15) is 14.7 Å². The van der Waals surface area contributed by atoms with Crippen molar-refractivity contribution in [2.45, 2.75) is 63.1 Å². The maximum absolute atomic E-state index is 12.4. The van der Waals surface area contributed by atoms with Crippen molar-refractivity contribution in [1.82, 2.24) is 25.3 Å². The summed E-state index contributed by atoms with van der Waals surface area (Å²) >= 11 is 0. The minimum Gasteiger partial charge on any atom is -0.391 e. The molecule has 0 bridgehead atoms. The lowest BCUT2D eigenvalue weighted by Gasteiger charge is -2.37. The van der Waals surface area contributed by atoms with Crippen LogP contribution in [0.4, 0.5) is 5.82 Å². The van der Waals surface area contributed by atoms with Crippen LogP contribution >= 0.6 is 0 Å². The Hall–Kier alpha value is -2.68. The fourth-order valence-corrected chi connectivity index (χ4v) is 4.38. The summed E-state index contributed by atoms with van der Waals surface area (Å²) in [7, 11) is 0. The third-order valence-electron chi connectivity index (χ3n) is 6.00. The smallest absolute Gasteiger partial charge is 0.267 e. The van der Waals surface area contributed by atoms with Crippen LogP contribution in [0.15, 0.2) is 29.3 Å². The lowest BCUT2D eigenvalue weighted by molar-refractivity contribution is 0.0669. The lowest BCUT2D eigenvalue weighted by atomic mass is 9.93. The van der Waals surface area contributed by atoms with Crippen LogP contribution in [0, 0.1) is 0 Å². The fraction of sp³-hybridized carbons (Fsp3) is 0.600. The molecule has 9 heteroatoms. The first-order chi connectivity index (χ1) is 14.1. The van der Waals surface area contributed by atoms with E-state index in [-0.39, 0.29) is 23.6 Å². The Morgan fingerprint density at radius 2 is 2.03 bits per heavy atom. The van der Waals surface area contributed by atoms with E-state index in [2.05, 4.69) is 25.5 Å². The number of hydrogen-bond acceptors (Lipinski definition) is 6. The average Bonchev–Trinajstić information content (AvgIpc) is 3.28. The summed E-state index contributed by atoms with van der Waals surface area (Å²) in [5.41, 5.74) is 0.326. The zero-order valence-corrected chi connectivity index (χ0v) is 16.5. The van der Waals surface area contributed by atoms with E-state index >= 15 is 0 Å². The van der Waals surface area contributed by atoms with Crippen molar-refractivity contribution >= 4 is 11.7 Å². The minimum absolute atomic E-state index is 0.106. The maximum Gasteiger partial charge on any atom is 0.267 e. The summed E-state index contributed by atoms with van der Waals surface area (Å²) in [6, 6.07) is 3.14. The predicted octanol–water partition coefficient (Wildman–Crippen LogP) is 1.23. The molecule has 0 spiro atoms. The minimum atomic E-state index is -0.532. The number of piperidine rings is 1. The highest BCUT2D eigenvalue weighted by molar-refractivity contribution is 5.93. The Morgan fingerprint density at radius 3 is 2.83 bits per heavy atom. The predicted molar refractivity (Wildman–Crippen MR) is 108 cm³/mol. The molecule has 1 saturated heterocycles. The van der Waals surface area contributed by atoms with Gasteiger partial charge in [0, 0.05) is 31.4 Å². The van der Waals surface area contributed by atoms with E-state index in [1.165, 1.54) is 10.9 Å². The molecule has 1 aliphatic heterocycles. The number of nitrogens with one attached hydrogen (secondary N) is 2. The van der Waals surface area contributed by atoms with Gasteiger partial charge in [-0.25, -0.2) is 4.68 Å². The van der Waals surface area contributed by atoms with Crippen LogP contribution in [0.3, 0.4) is 0 Å². The molecule has 0 radical (unpaired) electrons. The van der Waals surface area contributed by atoms with Crippen molar-refractivity contribution < 1.29 is 9.90 Å². The van der Waals surface area contributed by atoms with E-state index in [1.54, 1.807) is 18.3 Å². The Balaban J connectivity index is 1.51. The number of hydrogen-bond donors (Lipinski definition) is 3. The number of anilines is 1. The van der Waals surface area contributed by atoms with Gasteiger partial charge < -0.3 is 15.3 Å². The van der Waals surface area contributed by atoms with Crippen LogP contribution in [0.1, 0.15) is 61.3 Å². The maximum atomic E-state index is 12.4. The number of nitrogens with zero attached hydrogens (tertiary/aromatic N) is 4. The summed E-state index contributed by atoms with van der Waals surface area (Å²) in [6.45, 7) is 1.32. The standard InChI is InChI=1S/C20H28N6O3/c27-17-7-2-1-6-16(17)26-19(28)9-8-18(24-26)25-10-4-3-5-15(25)13-21-20(29)14-11-22-23-12-14/h8-9,11-12,15-17,27H,1-7,10,13H2,(H,21,29)(H,22,23). The summed E-state index contributed by atoms with van der Waals surface area (Å²) in [6.07, 6.45) is 9.05. The van der Waals surface area contributed by atoms with Crippen molar-refractivity contribution in [2.75, 3.05) is 18.0 Å². The molecular formula is C20H28N6O3. The molecule has 3 unspecified atom stereocenters. The Bertz CT molecular complexity index is 881. The third kappa shape index (κ3) is 4.34. The summed E-state index contributed by atoms with van der Waals surface area (Å²) in [5.74, 6) is 0.567.